The summed E-state index contributed by atoms with van der Waals surface area (Å²) in [5, 5.41) is 9.25. The van der Waals surface area contributed by atoms with E-state index in [0.717, 1.165) is 25.1 Å². The number of aliphatic hydroxyl groups excluding tert-OH is 1. The number of anilines is 1. The average Bonchev–Trinajstić information content (AvgIpc) is 2.29. The molecule has 88 valence electrons. The van der Waals surface area contributed by atoms with Crippen LogP contribution in [0.3, 0.4) is 0 Å². The lowest BCUT2D eigenvalue weighted by Gasteiger charge is -2.36. The fourth-order valence-electron chi connectivity index (χ4n) is 2.43. The highest BCUT2D eigenvalue weighted by Gasteiger charge is 2.21. The van der Waals surface area contributed by atoms with Crippen molar-refractivity contribution in [3.05, 3.63) is 29.6 Å². The Labute approximate surface area is 95.7 Å². The highest BCUT2D eigenvalue weighted by molar-refractivity contribution is 5.55. The third kappa shape index (κ3) is 2.05. The number of piperidine rings is 1. The summed E-state index contributed by atoms with van der Waals surface area (Å²) in [6.45, 7) is 2.88. The minimum atomic E-state index is -0.308. The molecule has 1 fully saturated rings. The predicted octanol–water partition coefficient (Wildman–Crippen LogP) is 2.70. The Bertz CT molecular complexity index is 367. The van der Waals surface area contributed by atoms with Crippen LogP contribution in [0.15, 0.2) is 18.2 Å². The fraction of sp³-hybridized carbons (Fsp3) is 0.538. The lowest BCUT2D eigenvalue weighted by atomic mass is 10.0. The van der Waals surface area contributed by atoms with Crippen LogP contribution >= 0.6 is 0 Å². The van der Waals surface area contributed by atoms with E-state index in [1.54, 1.807) is 6.07 Å². The van der Waals surface area contributed by atoms with Crippen LogP contribution in [0.5, 0.6) is 0 Å². The first kappa shape index (κ1) is 11.4. The molecular formula is C13H18FNO. The van der Waals surface area contributed by atoms with Crippen LogP contribution < -0.4 is 4.90 Å². The first-order chi connectivity index (χ1) is 7.74. The summed E-state index contributed by atoms with van der Waals surface area (Å²) in [6, 6.07) is 5.45. The van der Waals surface area contributed by atoms with Gasteiger partial charge in [0.05, 0.1) is 6.61 Å². The molecule has 1 atom stereocenters. The van der Waals surface area contributed by atoms with Crippen molar-refractivity contribution in [3.63, 3.8) is 0 Å². The first-order valence-electron chi connectivity index (χ1n) is 5.89. The molecule has 16 heavy (non-hydrogen) atoms. The minimum absolute atomic E-state index is 0.231. The van der Waals surface area contributed by atoms with Gasteiger partial charge >= 0.3 is 0 Å². The second-order valence-electron chi connectivity index (χ2n) is 4.43. The number of aliphatic hydroxyl groups is 1. The Morgan fingerprint density at radius 2 is 2.25 bits per heavy atom. The minimum Gasteiger partial charge on any atom is -0.391 e. The zero-order valence-electron chi connectivity index (χ0n) is 9.62. The Hall–Kier alpha value is -1.09. The summed E-state index contributed by atoms with van der Waals surface area (Å²) in [5.41, 5.74) is 1.28. The van der Waals surface area contributed by atoms with Gasteiger partial charge in [0.1, 0.15) is 5.82 Å². The molecule has 0 aliphatic carbocycles. The number of hydrogen-bond acceptors (Lipinski definition) is 2. The molecule has 3 heteroatoms. The van der Waals surface area contributed by atoms with E-state index >= 15 is 0 Å². The van der Waals surface area contributed by atoms with Gasteiger partial charge in [-0.3, -0.25) is 0 Å². The quantitative estimate of drug-likeness (QED) is 0.833. The molecule has 1 heterocycles. The smallest absolute Gasteiger partial charge is 0.130 e. The lowest BCUT2D eigenvalue weighted by molar-refractivity contribution is 0.275. The number of nitrogens with zero attached hydrogens (tertiary/aromatic N) is 1. The van der Waals surface area contributed by atoms with Gasteiger partial charge in [-0.25, -0.2) is 4.39 Å². The molecule has 1 aromatic rings. The van der Waals surface area contributed by atoms with Gasteiger partial charge in [-0.15, -0.1) is 0 Å². The Balaban J connectivity index is 2.34. The molecule has 0 saturated carbocycles. The molecule has 0 amide bonds. The number of halogens is 1. The maximum Gasteiger partial charge on any atom is 0.130 e. The third-order valence-corrected chi connectivity index (χ3v) is 3.36. The van der Waals surface area contributed by atoms with Crippen molar-refractivity contribution in [2.45, 2.75) is 38.8 Å². The van der Waals surface area contributed by atoms with Crippen molar-refractivity contribution in [1.82, 2.24) is 0 Å². The van der Waals surface area contributed by atoms with Crippen molar-refractivity contribution in [3.8, 4) is 0 Å². The van der Waals surface area contributed by atoms with Crippen LogP contribution in [0.2, 0.25) is 0 Å². The summed E-state index contributed by atoms with van der Waals surface area (Å²) in [5.74, 6) is -0.308. The van der Waals surface area contributed by atoms with Crippen LogP contribution in [0.4, 0.5) is 10.1 Å². The van der Waals surface area contributed by atoms with E-state index in [4.69, 9.17) is 0 Å². The average molecular weight is 223 g/mol. The molecule has 1 N–H and O–H groups in total. The largest absolute Gasteiger partial charge is 0.391 e. The summed E-state index contributed by atoms with van der Waals surface area (Å²) in [4.78, 5) is 2.21. The van der Waals surface area contributed by atoms with Gasteiger partial charge in [-0.05, 0) is 38.3 Å². The van der Waals surface area contributed by atoms with Crippen molar-refractivity contribution in [2.24, 2.45) is 0 Å². The van der Waals surface area contributed by atoms with E-state index in [-0.39, 0.29) is 12.4 Å². The van der Waals surface area contributed by atoms with E-state index in [2.05, 4.69) is 11.8 Å². The number of rotatable bonds is 2. The van der Waals surface area contributed by atoms with Crippen LogP contribution in [-0.2, 0) is 6.61 Å². The lowest BCUT2D eigenvalue weighted by Crippen LogP contribution is -2.38. The van der Waals surface area contributed by atoms with Gasteiger partial charge in [0, 0.05) is 23.8 Å². The van der Waals surface area contributed by atoms with Crippen LogP contribution in [0, 0.1) is 5.82 Å². The van der Waals surface area contributed by atoms with Crippen LogP contribution in [-0.4, -0.2) is 17.7 Å². The fourth-order valence-corrected chi connectivity index (χ4v) is 2.43. The SMILES string of the molecule is CC1CCCCN1c1cccc(F)c1CO. The van der Waals surface area contributed by atoms with Crippen molar-refractivity contribution >= 4 is 5.69 Å². The summed E-state index contributed by atoms with van der Waals surface area (Å²) in [7, 11) is 0. The molecule has 0 bridgehead atoms. The Kier molecular flexibility index (Phi) is 3.44. The van der Waals surface area contributed by atoms with E-state index in [9.17, 15) is 9.50 Å². The van der Waals surface area contributed by atoms with E-state index in [1.165, 1.54) is 12.5 Å². The Morgan fingerprint density at radius 3 is 2.94 bits per heavy atom. The first-order valence-corrected chi connectivity index (χ1v) is 5.89. The van der Waals surface area contributed by atoms with Gasteiger partial charge in [0.15, 0.2) is 0 Å². The Morgan fingerprint density at radius 1 is 1.44 bits per heavy atom. The van der Waals surface area contributed by atoms with Gasteiger partial charge in [-0.1, -0.05) is 6.07 Å². The molecule has 0 spiro atoms. The van der Waals surface area contributed by atoms with Crippen LogP contribution in [0.25, 0.3) is 0 Å². The van der Waals surface area contributed by atoms with Crippen molar-refractivity contribution in [1.29, 1.82) is 0 Å². The maximum absolute atomic E-state index is 13.5. The molecule has 2 rings (SSSR count). The molecular weight excluding hydrogens is 205 g/mol. The van der Waals surface area contributed by atoms with Gasteiger partial charge in [-0.2, -0.15) is 0 Å². The highest BCUT2D eigenvalue weighted by Crippen LogP contribution is 2.29. The topological polar surface area (TPSA) is 23.5 Å². The van der Waals surface area contributed by atoms with Crippen LogP contribution in [0.1, 0.15) is 31.7 Å². The van der Waals surface area contributed by atoms with Crippen molar-refractivity contribution in [2.75, 3.05) is 11.4 Å². The third-order valence-electron chi connectivity index (χ3n) is 3.36. The number of benzene rings is 1. The molecule has 0 aromatic heterocycles. The van der Waals surface area contributed by atoms with Gasteiger partial charge in [0.2, 0.25) is 0 Å². The predicted molar refractivity (Wildman–Crippen MR) is 63.0 cm³/mol. The normalized spacial score (nSPS) is 21.2. The molecule has 1 aliphatic rings. The molecule has 1 aliphatic heterocycles. The summed E-state index contributed by atoms with van der Waals surface area (Å²) >= 11 is 0. The number of hydrogen-bond donors (Lipinski definition) is 1. The van der Waals surface area contributed by atoms with Gasteiger partial charge < -0.3 is 10.0 Å². The summed E-state index contributed by atoms with van der Waals surface area (Å²) < 4.78 is 13.5. The molecule has 2 nitrogen and oxygen atoms in total. The zero-order chi connectivity index (χ0) is 11.5. The van der Waals surface area contributed by atoms with E-state index in [0.29, 0.717) is 11.6 Å². The molecule has 1 saturated heterocycles. The van der Waals surface area contributed by atoms with Gasteiger partial charge in [0.25, 0.3) is 0 Å². The van der Waals surface area contributed by atoms with E-state index in [1.807, 2.05) is 6.07 Å². The summed E-state index contributed by atoms with van der Waals surface area (Å²) in [6.07, 6.45) is 3.52. The molecule has 1 aromatic carbocycles. The second kappa shape index (κ2) is 4.83. The molecule has 0 radical (unpaired) electrons. The van der Waals surface area contributed by atoms with Crippen molar-refractivity contribution < 1.29 is 9.50 Å². The molecule has 1 unspecified atom stereocenters. The highest BCUT2D eigenvalue weighted by atomic mass is 19.1. The monoisotopic (exact) mass is 223 g/mol. The van der Waals surface area contributed by atoms with E-state index < -0.39 is 0 Å². The standard InChI is InChI=1S/C13H18FNO/c1-10-5-2-3-8-15(10)13-7-4-6-12(14)11(13)9-16/h4,6-7,10,16H,2-3,5,8-9H2,1H3. The zero-order valence-corrected chi connectivity index (χ0v) is 9.62. The second-order valence-corrected chi connectivity index (χ2v) is 4.43. The maximum atomic E-state index is 13.5.